The van der Waals surface area contributed by atoms with Gasteiger partial charge < -0.3 is 5.32 Å². The molecule has 1 unspecified atom stereocenters. The summed E-state index contributed by atoms with van der Waals surface area (Å²) in [6, 6.07) is 8.95. The van der Waals surface area contributed by atoms with Gasteiger partial charge in [-0.2, -0.15) is 0 Å². The number of rotatable bonds is 7. The first-order valence-electron chi connectivity index (χ1n) is 9.92. The van der Waals surface area contributed by atoms with Crippen LogP contribution in [0.1, 0.15) is 86.1 Å². The van der Waals surface area contributed by atoms with E-state index < -0.39 is 0 Å². The van der Waals surface area contributed by atoms with E-state index in [2.05, 4.69) is 96.3 Å². The van der Waals surface area contributed by atoms with E-state index in [1.54, 1.807) is 0 Å². The molecule has 1 nitrogen and oxygen atoms in total. The second kappa shape index (κ2) is 12.8. The summed E-state index contributed by atoms with van der Waals surface area (Å²) >= 11 is 0. The van der Waals surface area contributed by atoms with Crippen molar-refractivity contribution in [2.24, 2.45) is 5.41 Å². The standard InChI is InChI=1S/C16H27N.C8H14/c1-6-13(12-16(3,4)5)14-8-10-15(11-9-14)17-7-2;1-4-7-8(5-2)6-3/h8-11,13,17H,6-7,12H2,1-5H3;4-5,7H,6H2,1-3H3/b;7-4-,8-5-. The third-order valence-corrected chi connectivity index (χ3v) is 4.27. The quantitative estimate of drug-likeness (QED) is 0.495. The van der Waals surface area contributed by atoms with Gasteiger partial charge in [0.05, 0.1) is 0 Å². The maximum Gasteiger partial charge on any atom is 0.0340 e. The van der Waals surface area contributed by atoms with Crippen LogP contribution >= 0.6 is 0 Å². The van der Waals surface area contributed by atoms with Gasteiger partial charge in [-0.05, 0) is 69.1 Å². The Bertz CT molecular complexity index is 497. The van der Waals surface area contributed by atoms with E-state index in [4.69, 9.17) is 0 Å². The predicted octanol–water partition coefficient (Wildman–Crippen LogP) is 7.97. The first-order valence-corrected chi connectivity index (χ1v) is 9.92. The highest BCUT2D eigenvalue weighted by Gasteiger charge is 2.18. The molecule has 1 aromatic carbocycles. The molecule has 0 radical (unpaired) electrons. The zero-order valence-corrected chi connectivity index (χ0v) is 17.9. The zero-order valence-electron chi connectivity index (χ0n) is 17.9. The minimum absolute atomic E-state index is 0.404. The van der Waals surface area contributed by atoms with Crippen LogP contribution in [0.15, 0.2) is 48.1 Å². The van der Waals surface area contributed by atoms with Crippen molar-refractivity contribution in [3.8, 4) is 0 Å². The topological polar surface area (TPSA) is 12.0 Å². The lowest BCUT2D eigenvalue weighted by Gasteiger charge is -2.25. The zero-order chi connectivity index (χ0) is 19.3. The van der Waals surface area contributed by atoms with Crippen LogP contribution in [-0.2, 0) is 0 Å². The monoisotopic (exact) mass is 343 g/mol. The molecule has 142 valence electrons. The van der Waals surface area contributed by atoms with Gasteiger partial charge in [0.2, 0.25) is 0 Å². The maximum absolute atomic E-state index is 3.34. The van der Waals surface area contributed by atoms with Gasteiger partial charge in [0.25, 0.3) is 0 Å². The van der Waals surface area contributed by atoms with E-state index in [-0.39, 0.29) is 0 Å². The number of nitrogens with one attached hydrogen (secondary N) is 1. The first-order chi connectivity index (χ1) is 11.8. The summed E-state index contributed by atoms with van der Waals surface area (Å²) in [6.07, 6.45) is 9.96. The van der Waals surface area contributed by atoms with Gasteiger partial charge in [-0.1, -0.05) is 70.6 Å². The van der Waals surface area contributed by atoms with Crippen LogP contribution in [0.2, 0.25) is 0 Å². The number of hydrogen-bond donors (Lipinski definition) is 1. The highest BCUT2D eigenvalue weighted by atomic mass is 14.8. The maximum atomic E-state index is 3.34. The second-order valence-corrected chi connectivity index (χ2v) is 7.74. The molecule has 1 aromatic rings. The van der Waals surface area contributed by atoms with Crippen molar-refractivity contribution in [3.63, 3.8) is 0 Å². The summed E-state index contributed by atoms with van der Waals surface area (Å²) in [4.78, 5) is 0. The summed E-state index contributed by atoms with van der Waals surface area (Å²) in [7, 11) is 0. The van der Waals surface area contributed by atoms with Crippen molar-refractivity contribution in [1.82, 2.24) is 0 Å². The molecular formula is C24H41N. The highest BCUT2D eigenvalue weighted by molar-refractivity contribution is 5.45. The van der Waals surface area contributed by atoms with Crippen LogP contribution in [0.25, 0.3) is 0 Å². The van der Waals surface area contributed by atoms with E-state index in [1.165, 1.54) is 29.7 Å². The van der Waals surface area contributed by atoms with Gasteiger partial charge in [0, 0.05) is 12.2 Å². The van der Waals surface area contributed by atoms with Crippen LogP contribution in [0.5, 0.6) is 0 Å². The summed E-state index contributed by atoms with van der Waals surface area (Å²) in [5.41, 5.74) is 4.51. The van der Waals surface area contributed by atoms with Crippen molar-refractivity contribution < 1.29 is 0 Å². The molecule has 0 bridgehead atoms. The summed E-state index contributed by atoms with van der Waals surface area (Å²) in [5.74, 6) is 0.686. The number of anilines is 1. The van der Waals surface area contributed by atoms with E-state index in [1.807, 2.05) is 6.92 Å². The normalized spacial score (nSPS) is 13.4. The summed E-state index contributed by atoms with van der Waals surface area (Å²) < 4.78 is 0. The van der Waals surface area contributed by atoms with Crippen molar-refractivity contribution >= 4 is 5.69 Å². The van der Waals surface area contributed by atoms with Gasteiger partial charge in [-0.3, -0.25) is 0 Å². The minimum Gasteiger partial charge on any atom is -0.385 e. The van der Waals surface area contributed by atoms with Crippen LogP contribution in [-0.4, -0.2) is 6.54 Å². The molecule has 25 heavy (non-hydrogen) atoms. The molecule has 1 atom stereocenters. The molecule has 1 rings (SSSR count). The van der Waals surface area contributed by atoms with Crippen LogP contribution in [0, 0.1) is 5.41 Å². The average Bonchev–Trinajstić information content (AvgIpc) is 2.58. The Balaban J connectivity index is 0.000000609. The Morgan fingerprint density at radius 2 is 1.64 bits per heavy atom. The molecule has 0 fully saturated rings. The van der Waals surface area contributed by atoms with Gasteiger partial charge in [0.1, 0.15) is 0 Å². The molecule has 0 amide bonds. The SMILES string of the molecule is C/C=C\C(=C/C)CC.CCNc1ccc(C(CC)CC(C)(C)C)cc1. The average molecular weight is 344 g/mol. The van der Waals surface area contributed by atoms with Crippen molar-refractivity contribution in [2.75, 3.05) is 11.9 Å². The molecular weight excluding hydrogens is 302 g/mol. The predicted molar refractivity (Wildman–Crippen MR) is 117 cm³/mol. The van der Waals surface area contributed by atoms with Gasteiger partial charge in [0.15, 0.2) is 0 Å². The summed E-state index contributed by atoms with van der Waals surface area (Å²) in [5, 5.41) is 3.34. The summed E-state index contributed by atoms with van der Waals surface area (Å²) in [6.45, 7) is 18.6. The Hall–Kier alpha value is -1.50. The molecule has 0 spiro atoms. The van der Waals surface area contributed by atoms with E-state index in [0.29, 0.717) is 11.3 Å². The van der Waals surface area contributed by atoms with Gasteiger partial charge in [-0.25, -0.2) is 0 Å². The molecule has 0 aliphatic heterocycles. The molecule has 0 saturated carbocycles. The molecule has 0 heterocycles. The highest BCUT2D eigenvalue weighted by Crippen LogP contribution is 2.33. The lowest BCUT2D eigenvalue weighted by atomic mass is 9.80. The Morgan fingerprint density at radius 3 is 1.96 bits per heavy atom. The largest absolute Gasteiger partial charge is 0.385 e. The second-order valence-electron chi connectivity index (χ2n) is 7.74. The molecule has 0 aliphatic rings. The Morgan fingerprint density at radius 1 is 1.04 bits per heavy atom. The number of hydrogen-bond acceptors (Lipinski definition) is 1. The number of allylic oxidation sites excluding steroid dienone is 4. The van der Waals surface area contributed by atoms with Crippen LogP contribution in [0.4, 0.5) is 5.69 Å². The van der Waals surface area contributed by atoms with Gasteiger partial charge in [-0.15, -0.1) is 0 Å². The Labute approximate surface area is 157 Å². The van der Waals surface area contributed by atoms with E-state index >= 15 is 0 Å². The molecule has 1 N–H and O–H groups in total. The third kappa shape index (κ3) is 10.9. The van der Waals surface area contributed by atoms with Crippen molar-refractivity contribution in [2.45, 2.75) is 80.6 Å². The van der Waals surface area contributed by atoms with E-state index in [0.717, 1.165) is 13.0 Å². The fraction of sp³-hybridized carbons (Fsp3) is 0.583. The fourth-order valence-corrected chi connectivity index (χ4v) is 2.95. The molecule has 0 aliphatic carbocycles. The van der Waals surface area contributed by atoms with Crippen molar-refractivity contribution in [3.05, 3.63) is 53.6 Å². The molecule has 0 saturated heterocycles. The van der Waals surface area contributed by atoms with E-state index in [9.17, 15) is 0 Å². The lowest BCUT2D eigenvalue weighted by Crippen LogP contribution is -2.11. The minimum atomic E-state index is 0.404. The first kappa shape index (κ1) is 23.5. The van der Waals surface area contributed by atoms with Crippen molar-refractivity contribution in [1.29, 1.82) is 0 Å². The lowest BCUT2D eigenvalue weighted by molar-refractivity contribution is 0.335. The van der Waals surface area contributed by atoms with Gasteiger partial charge >= 0.3 is 0 Å². The Kier molecular flexibility index (Phi) is 12.0. The van der Waals surface area contributed by atoms with Crippen LogP contribution in [0.3, 0.4) is 0 Å². The smallest absolute Gasteiger partial charge is 0.0340 e. The molecule has 0 aromatic heterocycles. The third-order valence-electron chi connectivity index (χ3n) is 4.27. The molecule has 1 heteroatoms. The number of benzene rings is 1. The van der Waals surface area contributed by atoms with Crippen LogP contribution < -0.4 is 5.32 Å². The fourth-order valence-electron chi connectivity index (χ4n) is 2.95.